The average Bonchev–Trinajstić information content (AvgIpc) is 2.96. The van der Waals surface area contributed by atoms with E-state index in [2.05, 4.69) is 15.3 Å². The van der Waals surface area contributed by atoms with Crippen molar-refractivity contribution >= 4 is 32.2 Å². The molecule has 1 N–H and O–H groups in total. The molecule has 8 heteroatoms. The minimum Gasteiger partial charge on any atom is -0.301 e. The third-order valence-corrected chi connectivity index (χ3v) is 7.19. The lowest BCUT2D eigenvalue weighted by Crippen LogP contribution is -2.47. The summed E-state index contributed by atoms with van der Waals surface area (Å²) < 4.78 is 23.1. The van der Waals surface area contributed by atoms with Crippen LogP contribution in [-0.2, 0) is 14.6 Å². The molecule has 0 atom stereocenters. The van der Waals surface area contributed by atoms with Crippen LogP contribution in [0, 0.1) is 0 Å². The maximum Gasteiger partial charge on any atom is 0.247 e. The van der Waals surface area contributed by atoms with Crippen molar-refractivity contribution in [3.63, 3.8) is 0 Å². The molecule has 0 fully saturated rings. The number of thiazole rings is 1. The monoisotopic (exact) mass is 353 g/mol. The second-order valence-electron chi connectivity index (χ2n) is 5.83. The van der Waals surface area contributed by atoms with Crippen LogP contribution in [0.3, 0.4) is 0 Å². The first kappa shape index (κ1) is 17.6. The van der Waals surface area contributed by atoms with E-state index in [9.17, 15) is 13.2 Å². The lowest BCUT2D eigenvalue weighted by Gasteiger charge is -2.25. The molecule has 0 aliphatic carbocycles. The summed E-state index contributed by atoms with van der Waals surface area (Å²) in [5.74, 6) is -0.582. The molecule has 2 heterocycles. The van der Waals surface area contributed by atoms with E-state index in [-0.39, 0.29) is 0 Å². The van der Waals surface area contributed by atoms with Crippen LogP contribution in [0.25, 0.3) is 11.3 Å². The summed E-state index contributed by atoms with van der Waals surface area (Å²) in [4.78, 5) is 20.7. The lowest BCUT2D eigenvalue weighted by atomic mass is 10.2. The highest BCUT2D eigenvalue weighted by Crippen LogP contribution is 2.27. The van der Waals surface area contributed by atoms with Crippen molar-refractivity contribution in [1.29, 1.82) is 0 Å². The van der Waals surface area contributed by atoms with Crippen molar-refractivity contribution in [2.75, 3.05) is 5.32 Å². The molecule has 23 heavy (non-hydrogen) atoms. The molecule has 0 saturated heterocycles. The van der Waals surface area contributed by atoms with Gasteiger partial charge in [0.2, 0.25) is 5.91 Å². The van der Waals surface area contributed by atoms with Gasteiger partial charge in [-0.05, 0) is 39.8 Å². The zero-order valence-corrected chi connectivity index (χ0v) is 15.0. The summed E-state index contributed by atoms with van der Waals surface area (Å²) in [6.45, 7) is 5.95. The third-order valence-electron chi connectivity index (χ3n) is 3.58. The Morgan fingerprint density at radius 2 is 1.87 bits per heavy atom. The van der Waals surface area contributed by atoms with Crippen molar-refractivity contribution in [2.45, 2.75) is 37.7 Å². The molecule has 0 aliphatic rings. The fourth-order valence-electron chi connectivity index (χ4n) is 1.95. The molecule has 0 aromatic carbocycles. The van der Waals surface area contributed by atoms with Crippen LogP contribution in [0.5, 0.6) is 0 Å². The van der Waals surface area contributed by atoms with Gasteiger partial charge < -0.3 is 5.32 Å². The van der Waals surface area contributed by atoms with Gasteiger partial charge in [0, 0.05) is 23.3 Å². The highest BCUT2D eigenvalue weighted by molar-refractivity contribution is 7.94. The van der Waals surface area contributed by atoms with E-state index in [4.69, 9.17) is 0 Å². The fourth-order valence-corrected chi connectivity index (χ4v) is 4.16. The highest BCUT2D eigenvalue weighted by atomic mass is 32.2. The maximum absolute atomic E-state index is 12.4. The maximum atomic E-state index is 12.4. The summed E-state index contributed by atoms with van der Waals surface area (Å²) in [6, 6.07) is 3.63. The van der Waals surface area contributed by atoms with E-state index in [1.165, 1.54) is 25.2 Å². The average molecular weight is 353 g/mol. The number of carbonyl (C=O) groups excluding carboxylic acids is 1. The van der Waals surface area contributed by atoms with Crippen LogP contribution in [0.1, 0.15) is 27.7 Å². The quantitative estimate of drug-likeness (QED) is 0.893. The molecular formula is C15H19N3O3S2. The Bertz CT molecular complexity index is 796. The van der Waals surface area contributed by atoms with E-state index < -0.39 is 25.7 Å². The number of pyridine rings is 1. The number of hydrogen-bond donors (Lipinski definition) is 1. The summed E-state index contributed by atoms with van der Waals surface area (Å²) in [5, 5.41) is 4.14. The minimum absolute atomic E-state index is 0.369. The van der Waals surface area contributed by atoms with Gasteiger partial charge in [0.05, 0.1) is 10.9 Å². The fraction of sp³-hybridized carbons (Fsp3) is 0.400. The van der Waals surface area contributed by atoms with Crippen LogP contribution in [0.2, 0.25) is 0 Å². The van der Waals surface area contributed by atoms with Crippen LogP contribution in [-0.4, -0.2) is 34.3 Å². The molecule has 0 unspecified atom stereocenters. The molecular weight excluding hydrogens is 334 g/mol. The molecule has 124 valence electrons. The van der Waals surface area contributed by atoms with Gasteiger partial charge in [-0.1, -0.05) is 0 Å². The van der Waals surface area contributed by atoms with E-state index in [0.717, 1.165) is 5.56 Å². The molecule has 1 amide bonds. The van der Waals surface area contributed by atoms with E-state index in [0.29, 0.717) is 10.8 Å². The Balaban J connectivity index is 2.20. The Morgan fingerprint density at radius 1 is 1.26 bits per heavy atom. The van der Waals surface area contributed by atoms with Gasteiger partial charge >= 0.3 is 0 Å². The first-order valence-electron chi connectivity index (χ1n) is 7.07. The van der Waals surface area contributed by atoms with E-state index in [1.54, 1.807) is 31.6 Å². The minimum atomic E-state index is -3.58. The zero-order valence-electron chi connectivity index (χ0n) is 13.4. The Kier molecular flexibility index (Phi) is 4.86. The number of rotatable bonds is 5. The number of carbonyl (C=O) groups is 1. The first-order chi connectivity index (χ1) is 10.7. The first-order valence-corrected chi connectivity index (χ1v) is 9.49. The lowest BCUT2D eigenvalue weighted by molar-refractivity contribution is -0.117. The largest absolute Gasteiger partial charge is 0.301 e. The van der Waals surface area contributed by atoms with Crippen molar-refractivity contribution in [2.24, 2.45) is 0 Å². The van der Waals surface area contributed by atoms with Gasteiger partial charge in [-0.3, -0.25) is 9.78 Å². The second kappa shape index (κ2) is 6.37. The van der Waals surface area contributed by atoms with E-state index >= 15 is 0 Å². The van der Waals surface area contributed by atoms with Gasteiger partial charge in [-0.15, -0.1) is 11.3 Å². The normalized spacial score (nSPS) is 12.4. The summed E-state index contributed by atoms with van der Waals surface area (Å²) in [7, 11) is -3.58. The SMILES string of the molecule is CC(C)S(=O)(=O)C(C)(C)C(=O)Nc1nc(-c2ccncc2)cs1. The number of nitrogens with zero attached hydrogens (tertiary/aromatic N) is 2. The predicted molar refractivity (Wildman–Crippen MR) is 92.1 cm³/mol. The molecule has 2 aromatic heterocycles. The van der Waals surface area contributed by atoms with Gasteiger partial charge in [0.15, 0.2) is 15.0 Å². The van der Waals surface area contributed by atoms with Gasteiger partial charge in [0.25, 0.3) is 0 Å². The molecule has 0 aliphatic heterocycles. The van der Waals surface area contributed by atoms with Crippen molar-refractivity contribution < 1.29 is 13.2 Å². The number of aromatic nitrogens is 2. The molecule has 2 aromatic rings. The van der Waals surface area contributed by atoms with Crippen molar-refractivity contribution in [1.82, 2.24) is 9.97 Å². The number of amides is 1. The molecule has 6 nitrogen and oxygen atoms in total. The molecule has 0 spiro atoms. The molecule has 2 rings (SSSR count). The summed E-state index contributed by atoms with van der Waals surface area (Å²) in [5.41, 5.74) is 1.59. The number of hydrogen-bond acceptors (Lipinski definition) is 6. The Labute approximate surface area is 139 Å². The van der Waals surface area contributed by atoms with Crippen LogP contribution in [0.4, 0.5) is 5.13 Å². The van der Waals surface area contributed by atoms with E-state index in [1.807, 2.05) is 12.1 Å². The number of anilines is 1. The molecule has 0 radical (unpaired) electrons. The Hall–Kier alpha value is -1.80. The van der Waals surface area contributed by atoms with Gasteiger partial charge in [0.1, 0.15) is 4.75 Å². The topological polar surface area (TPSA) is 89.0 Å². The standard InChI is InChI=1S/C15H19N3O3S2/c1-10(2)23(20,21)15(3,4)13(19)18-14-17-12(9-22-14)11-5-7-16-8-6-11/h5-10H,1-4H3,(H,17,18,19). The second-order valence-corrected chi connectivity index (χ2v) is 9.74. The zero-order chi connectivity index (χ0) is 17.3. The van der Waals surface area contributed by atoms with Crippen LogP contribution in [0.15, 0.2) is 29.9 Å². The molecule has 0 saturated carbocycles. The molecule has 0 bridgehead atoms. The van der Waals surface area contributed by atoms with Crippen LogP contribution >= 0.6 is 11.3 Å². The van der Waals surface area contributed by atoms with Gasteiger partial charge in [-0.2, -0.15) is 0 Å². The van der Waals surface area contributed by atoms with Crippen molar-refractivity contribution in [3.05, 3.63) is 29.9 Å². The summed E-state index contributed by atoms with van der Waals surface area (Å²) >= 11 is 1.25. The Morgan fingerprint density at radius 3 is 2.43 bits per heavy atom. The predicted octanol–water partition coefficient (Wildman–Crippen LogP) is 2.75. The van der Waals surface area contributed by atoms with Crippen LogP contribution < -0.4 is 5.32 Å². The van der Waals surface area contributed by atoms with Crippen molar-refractivity contribution in [3.8, 4) is 11.3 Å². The summed E-state index contributed by atoms with van der Waals surface area (Å²) in [6.07, 6.45) is 3.32. The third kappa shape index (κ3) is 3.42. The smallest absolute Gasteiger partial charge is 0.247 e. The number of nitrogens with one attached hydrogen (secondary N) is 1. The van der Waals surface area contributed by atoms with Gasteiger partial charge in [-0.25, -0.2) is 13.4 Å². The number of sulfone groups is 1. The highest BCUT2D eigenvalue weighted by Gasteiger charge is 2.43.